The lowest BCUT2D eigenvalue weighted by Crippen LogP contribution is -2.44. The summed E-state index contributed by atoms with van der Waals surface area (Å²) in [6.07, 6.45) is 1.85. The van der Waals surface area contributed by atoms with E-state index < -0.39 is 5.60 Å². The molecular formula is C15H24O4. The highest BCUT2D eigenvalue weighted by Crippen LogP contribution is 2.46. The van der Waals surface area contributed by atoms with Crippen molar-refractivity contribution in [2.75, 3.05) is 7.11 Å². The van der Waals surface area contributed by atoms with Crippen LogP contribution in [0.15, 0.2) is 11.6 Å². The molecule has 19 heavy (non-hydrogen) atoms. The normalized spacial score (nSPS) is 23.9. The van der Waals surface area contributed by atoms with Crippen molar-refractivity contribution >= 4 is 11.9 Å². The molecule has 1 rings (SSSR count). The van der Waals surface area contributed by atoms with E-state index >= 15 is 0 Å². The summed E-state index contributed by atoms with van der Waals surface area (Å²) >= 11 is 0. The zero-order valence-corrected chi connectivity index (χ0v) is 12.9. The van der Waals surface area contributed by atoms with Crippen LogP contribution in [0.5, 0.6) is 0 Å². The van der Waals surface area contributed by atoms with Crippen LogP contribution in [-0.4, -0.2) is 24.6 Å². The second-order valence-corrected chi connectivity index (χ2v) is 7.09. The van der Waals surface area contributed by atoms with Gasteiger partial charge in [-0.25, -0.2) is 4.79 Å². The van der Waals surface area contributed by atoms with E-state index in [2.05, 4.69) is 0 Å². The Balaban J connectivity index is 3.27. The van der Waals surface area contributed by atoms with E-state index in [1.54, 1.807) is 0 Å². The standard InChI is InChI=1S/C15H24O4/c1-13(2,3)10-8-15(14(4,5)6,19-12(10)17)9-11(16)18-7/h8H,9H2,1-7H3. The average Bonchev–Trinajstić information content (AvgIpc) is 2.55. The van der Waals surface area contributed by atoms with E-state index in [1.165, 1.54) is 7.11 Å². The van der Waals surface area contributed by atoms with Crippen molar-refractivity contribution in [2.24, 2.45) is 10.8 Å². The van der Waals surface area contributed by atoms with Crippen molar-refractivity contribution in [3.8, 4) is 0 Å². The van der Waals surface area contributed by atoms with Gasteiger partial charge in [0.2, 0.25) is 0 Å². The van der Waals surface area contributed by atoms with Gasteiger partial charge < -0.3 is 9.47 Å². The summed E-state index contributed by atoms with van der Waals surface area (Å²) in [5, 5.41) is 0. The van der Waals surface area contributed by atoms with E-state index in [0.29, 0.717) is 5.57 Å². The molecule has 0 aromatic carbocycles. The zero-order chi connectivity index (χ0) is 15.1. The molecule has 0 bridgehead atoms. The summed E-state index contributed by atoms with van der Waals surface area (Å²) in [4.78, 5) is 23.8. The van der Waals surface area contributed by atoms with Gasteiger partial charge in [0, 0.05) is 11.0 Å². The van der Waals surface area contributed by atoms with E-state index in [0.717, 1.165) is 0 Å². The number of hydrogen-bond acceptors (Lipinski definition) is 4. The smallest absolute Gasteiger partial charge is 0.335 e. The Bertz CT molecular complexity index is 420. The summed E-state index contributed by atoms with van der Waals surface area (Å²) in [7, 11) is 1.34. The summed E-state index contributed by atoms with van der Waals surface area (Å²) in [5.41, 5.74) is -1.00. The first-order valence-electron chi connectivity index (χ1n) is 6.46. The van der Waals surface area contributed by atoms with Gasteiger partial charge in [-0.15, -0.1) is 0 Å². The number of methoxy groups -OCH3 is 1. The molecular weight excluding hydrogens is 244 g/mol. The second kappa shape index (κ2) is 4.66. The van der Waals surface area contributed by atoms with Crippen LogP contribution in [0, 0.1) is 10.8 Å². The fraction of sp³-hybridized carbons (Fsp3) is 0.733. The molecule has 4 nitrogen and oxygen atoms in total. The minimum Gasteiger partial charge on any atom is -0.469 e. The first kappa shape index (κ1) is 15.7. The molecule has 0 amide bonds. The van der Waals surface area contributed by atoms with Crippen LogP contribution < -0.4 is 0 Å². The van der Waals surface area contributed by atoms with Crippen LogP contribution in [0.3, 0.4) is 0 Å². The lowest BCUT2D eigenvalue weighted by Gasteiger charge is -2.38. The molecule has 1 heterocycles. The van der Waals surface area contributed by atoms with Crippen LogP contribution in [-0.2, 0) is 19.1 Å². The maximum Gasteiger partial charge on any atom is 0.335 e. The number of rotatable bonds is 2. The molecule has 0 spiro atoms. The van der Waals surface area contributed by atoms with E-state index in [-0.39, 0.29) is 29.2 Å². The molecule has 4 heteroatoms. The molecule has 0 saturated carbocycles. The summed E-state index contributed by atoms with van der Waals surface area (Å²) in [6, 6.07) is 0. The third kappa shape index (κ3) is 2.99. The number of hydrogen-bond donors (Lipinski definition) is 0. The number of carbonyl (C=O) groups is 2. The van der Waals surface area contributed by atoms with Gasteiger partial charge in [0.15, 0.2) is 0 Å². The van der Waals surface area contributed by atoms with Gasteiger partial charge in [-0.05, 0) is 11.5 Å². The number of esters is 2. The maximum absolute atomic E-state index is 12.1. The number of carbonyl (C=O) groups excluding carboxylic acids is 2. The SMILES string of the molecule is COC(=O)CC1(C(C)(C)C)C=C(C(C)(C)C)C(=O)O1. The molecule has 1 aliphatic heterocycles. The Kier molecular flexibility index (Phi) is 3.86. The Labute approximate surface area is 115 Å². The highest BCUT2D eigenvalue weighted by atomic mass is 16.6. The third-order valence-corrected chi connectivity index (χ3v) is 3.58. The largest absolute Gasteiger partial charge is 0.469 e. The topological polar surface area (TPSA) is 52.6 Å². The van der Waals surface area contributed by atoms with Crippen molar-refractivity contribution in [2.45, 2.75) is 53.6 Å². The molecule has 0 fully saturated rings. The Morgan fingerprint density at radius 3 is 2.11 bits per heavy atom. The first-order valence-corrected chi connectivity index (χ1v) is 6.46. The van der Waals surface area contributed by atoms with Crippen molar-refractivity contribution < 1.29 is 19.1 Å². The zero-order valence-electron chi connectivity index (χ0n) is 12.9. The molecule has 0 N–H and O–H groups in total. The number of ether oxygens (including phenoxy) is 2. The van der Waals surface area contributed by atoms with E-state index in [1.807, 2.05) is 47.6 Å². The van der Waals surface area contributed by atoms with Gasteiger partial charge in [0.25, 0.3) is 0 Å². The highest BCUT2D eigenvalue weighted by Gasteiger charge is 2.52. The minimum atomic E-state index is -0.931. The summed E-state index contributed by atoms with van der Waals surface area (Å²) in [6.45, 7) is 11.7. The predicted molar refractivity (Wildman–Crippen MR) is 72.4 cm³/mol. The predicted octanol–water partition coefficient (Wildman–Crippen LogP) is 2.86. The Morgan fingerprint density at radius 2 is 1.79 bits per heavy atom. The van der Waals surface area contributed by atoms with Gasteiger partial charge in [0.1, 0.15) is 5.60 Å². The summed E-state index contributed by atoms with van der Waals surface area (Å²) in [5.74, 6) is -0.722. The average molecular weight is 268 g/mol. The van der Waals surface area contributed by atoms with Gasteiger partial charge in [-0.2, -0.15) is 0 Å². The second-order valence-electron chi connectivity index (χ2n) is 7.09. The molecule has 1 unspecified atom stereocenters. The molecule has 0 aromatic rings. The van der Waals surface area contributed by atoms with Crippen molar-refractivity contribution in [3.05, 3.63) is 11.6 Å². The van der Waals surface area contributed by atoms with Crippen molar-refractivity contribution in [1.29, 1.82) is 0 Å². The fourth-order valence-electron chi connectivity index (χ4n) is 2.07. The monoisotopic (exact) mass is 268 g/mol. The maximum atomic E-state index is 12.1. The quantitative estimate of drug-likeness (QED) is 0.723. The minimum absolute atomic E-state index is 0.0400. The number of cyclic esters (lactones) is 1. The van der Waals surface area contributed by atoms with E-state index in [9.17, 15) is 9.59 Å². The van der Waals surface area contributed by atoms with Gasteiger partial charge in [0.05, 0.1) is 13.5 Å². The fourth-order valence-corrected chi connectivity index (χ4v) is 2.07. The van der Waals surface area contributed by atoms with Gasteiger partial charge in [-0.1, -0.05) is 41.5 Å². The van der Waals surface area contributed by atoms with Crippen LogP contribution >= 0.6 is 0 Å². The van der Waals surface area contributed by atoms with Crippen LogP contribution in [0.25, 0.3) is 0 Å². The van der Waals surface area contributed by atoms with Crippen LogP contribution in [0.2, 0.25) is 0 Å². The molecule has 1 aliphatic rings. The lowest BCUT2D eigenvalue weighted by atomic mass is 9.73. The molecule has 108 valence electrons. The van der Waals surface area contributed by atoms with E-state index in [4.69, 9.17) is 9.47 Å². The molecule has 1 atom stereocenters. The van der Waals surface area contributed by atoms with Gasteiger partial charge >= 0.3 is 11.9 Å². The Hall–Kier alpha value is -1.32. The first-order chi connectivity index (χ1) is 8.43. The summed E-state index contributed by atoms with van der Waals surface area (Å²) < 4.78 is 10.3. The van der Waals surface area contributed by atoms with Gasteiger partial charge in [-0.3, -0.25) is 4.79 Å². The van der Waals surface area contributed by atoms with Crippen LogP contribution in [0.1, 0.15) is 48.0 Å². The molecule has 0 radical (unpaired) electrons. The van der Waals surface area contributed by atoms with Crippen molar-refractivity contribution in [1.82, 2.24) is 0 Å². The molecule has 0 aliphatic carbocycles. The Morgan fingerprint density at radius 1 is 1.26 bits per heavy atom. The third-order valence-electron chi connectivity index (χ3n) is 3.58. The lowest BCUT2D eigenvalue weighted by molar-refractivity contribution is -0.163. The molecule has 0 aromatic heterocycles. The highest BCUT2D eigenvalue weighted by molar-refractivity contribution is 5.93. The molecule has 0 saturated heterocycles. The van der Waals surface area contributed by atoms with Crippen LogP contribution in [0.4, 0.5) is 0 Å². The van der Waals surface area contributed by atoms with Crippen molar-refractivity contribution in [3.63, 3.8) is 0 Å².